The summed E-state index contributed by atoms with van der Waals surface area (Å²) in [5, 5.41) is 11.1. The number of rotatable bonds is 5. The number of ether oxygens (including phenoxy) is 2. The third-order valence-electron chi connectivity index (χ3n) is 4.83. The Balaban J connectivity index is 1.31. The highest BCUT2D eigenvalue weighted by molar-refractivity contribution is 5.69. The number of halogens is 1. The summed E-state index contributed by atoms with van der Waals surface area (Å²) >= 11 is 0. The van der Waals surface area contributed by atoms with Crippen LogP contribution in [0.2, 0.25) is 0 Å². The topological polar surface area (TPSA) is 82.4 Å². The fourth-order valence-corrected chi connectivity index (χ4v) is 3.24. The number of benzene rings is 2. The number of amides is 1. The van der Waals surface area contributed by atoms with Gasteiger partial charge in [-0.05, 0) is 66.6 Å². The first-order valence-electron chi connectivity index (χ1n) is 10.0. The Morgan fingerprint density at radius 3 is 2.45 bits per heavy atom. The Hall–Kier alpha value is -3.49. The van der Waals surface area contributed by atoms with E-state index in [-0.39, 0.29) is 17.8 Å². The van der Waals surface area contributed by atoms with Gasteiger partial charge in [0.2, 0.25) is 0 Å². The zero-order chi connectivity index (χ0) is 22.0. The maximum Gasteiger partial charge on any atom is 0.410 e. The van der Waals surface area contributed by atoms with Gasteiger partial charge in [0.15, 0.2) is 11.6 Å². The van der Waals surface area contributed by atoms with Gasteiger partial charge in [-0.25, -0.2) is 13.9 Å². The molecular formula is C22H24FN5O3. The van der Waals surface area contributed by atoms with Crippen molar-refractivity contribution >= 4 is 6.09 Å². The first-order chi connectivity index (χ1) is 14.8. The predicted molar refractivity (Wildman–Crippen MR) is 111 cm³/mol. The molecule has 1 aliphatic rings. The van der Waals surface area contributed by atoms with Gasteiger partial charge >= 0.3 is 6.09 Å². The SMILES string of the molecule is CC(C)(C)OC(=O)N1CC(COc2ccc(-c3ccc(-n4cnnn4)cc3)cc2F)C1. The lowest BCUT2D eigenvalue weighted by Crippen LogP contribution is -2.53. The summed E-state index contributed by atoms with van der Waals surface area (Å²) in [4.78, 5) is 13.6. The average molecular weight is 425 g/mol. The Morgan fingerprint density at radius 2 is 1.84 bits per heavy atom. The molecule has 0 radical (unpaired) electrons. The number of aromatic nitrogens is 4. The lowest BCUT2D eigenvalue weighted by molar-refractivity contribution is -0.00805. The summed E-state index contributed by atoms with van der Waals surface area (Å²) in [6.45, 7) is 6.93. The van der Waals surface area contributed by atoms with Crippen LogP contribution in [0.25, 0.3) is 16.8 Å². The highest BCUT2D eigenvalue weighted by Crippen LogP contribution is 2.28. The van der Waals surface area contributed by atoms with Gasteiger partial charge in [-0.1, -0.05) is 18.2 Å². The molecule has 9 heteroatoms. The standard InChI is InChI=1S/C22H24FN5O3/c1-22(2,3)31-21(29)27-11-15(12-27)13-30-20-9-6-17(10-19(20)23)16-4-7-18(8-5-16)28-14-24-25-26-28/h4-10,14-15H,11-13H2,1-3H3. The van der Waals surface area contributed by atoms with Crippen LogP contribution in [-0.2, 0) is 4.74 Å². The van der Waals surface area contributed by atoms with Crippen LogP contribution in [-0.4, -0.2) is 56.5 Å². The zero-order valence-corrected chi connectivity index (χ0v) is 17.7. The second-order valence-electron chi connectivity index (χ2n) is 8.51. The molecule has 3 aromatic rings. The number of carbonyl (C=O) groups is 1. The van der Waals surface area contributed by atoms with Crippen LogP contribution in [0.1, 0.15) is 20.8 Å². The van der Waals surface area contributed by atoms with E-state index >= 15 is 0 Å². The molecule has 0 unspecified atom stereocenters. The molecule has 1 aliphatic heterocycles. The van der Waals surface area contributed by atoms with Crippen molar-refractivity contribution in [3.63, 3.8) is 0 Å². The smallest absolute Gasteiger partial charge is 0.410 e. The van der Waals surface area contributed by atoms with Crippen LogP contribution in [0.3, 0.4) is 0 Å². The molecule has 2 aromatic carbocycles. The molecule has 31 heavy (non-hydrogen) atoms. The molecule has 0 atom stereocenters. The molecule has 1 aromatic heterocycles. The maximum absolute atomic E-state index is 14.6. The summed E-state index contributed by atoms with van der Waals surface area (Å²) < 4.78 is 27.1. The van der Waals surface area contributed by atoms with E-state index in [0.717, 1.165) is 16.8 Å². The zero-order valence-electron chi connectivity index (χ0n) is 17.7. The third-order valence-corrected chi connectivity index (χ3v) is 4.83. The van der Waals surface area contributed by atoms with Crippen LogP contribution in [0.4, 0.5) is 9.18 Å². The van der Waals surface area contributed by atoms with Crippen LogP contribution in [0.15, 0.2) is 48.8 Å². The van der Waals surface area contributed by atoms with Gasteiger partial charge in [0.05, 0.1) is 12.3 Å². The number of nitrogens with zero attached hydrogens (tertiary/aromatic N) is 5. The molecule has 1 fully saturated rings. The minimum atomic E-state index is -0.516. The van der Waals surface area contributed by atoms with Gasteiger partial charge in [0, 0.05) is 19.0 Å². The van der Waals surface area contributed by atoms with E-state index in [2.05, 4.69) is 15.5 Å². The molecule has 0 N–H and O–H groups in total. The molecule has 0 spiro atoms. The number of hydrogen-bond donors (Lipinski definition) is 0. The van der Waals surface area contributed by atoms with Gasteiger partial charge in [-0.15, -0.1) is 5.10 Å². The summed E-state index contributed by atoms with van der Waals surface area (Å²) in [7, 11) is 0. The summed E-state index contributed by atoms with van der Waals surface area (Å²) in [5.41, 5.74) is 1.91. The molecule has 4 rings (SSSR count). The number of tetrazole rings is 1. The highest BCUT2D eigenvalue weighted by Gasteiger charge is 2.34. The van der Waals surface area contributed by atoms with E-state index in [1.807, 2.05) is 51.1 Å². The van der Waals surface area contributed by atoms with Crippen molar-refractivity contribution in [1.29, 1.82) is 0 Å². The van der Waals surface area contributed by atoms with Crippen molar-refractivity contribution in [3.8, 4) is 22.6 Å². The predicted octanol–water partition coefficient (Wildman–Crippen LogP) is 3.71. The summed E-state index contributed by atoms with van der Waals surface area (Å²) in [5.74, 6) is -0.0689. The normalized spacial score (nSPS) is 14.3. The van der Waals surface area contributed by atoms with Crippen molar-refractivity contribution in [2.24, 2.45) is 5.92 Å². The molecule has 8 nitrogen and oxygen atoms in total. The minimum Gasteiger partial charge on any atom is -0.490 e. The lowest BCUT2D eigenvalue weighted by atomic mass is 10.0. The van der Waals surface area contributed by atoms with Crippen molar-refractivity contribution in [2.45, 2.75) is 26.4 Å². The first kappa shape index (κ1) is 20.8. The molecule has 1 saturated heterocycles. The monoisotopic (exact) mass is 425 g/mol. The fourth-order valence-electron chi connectivity index (χ4n) is 3.24. The van der Waals surface area contributed by atoms with Crippen LogP contribution >= 0.6 is 0 Å². The number of likely N-dealkylation sites (tertiary alicyclic amines) is 1. The van der Waals surface area contributed by atoms with Crippen LogP contribution < -0.4 is 4.74 Å². The maximum atomic E-state index is 14.6. The van der Waals surface area contributed by atoms with Gasteiger partial charge in [-0.3, -0.25) is 0 Å². The number of hydrogen-bond acceptors (Lipinski definition) is 6. The van der Waals surface area contributed by atoms with Crippen molar-refractivity contribution in [3.05, 3.63) is 54.6 Å². The molecule has 2 heterocycles. The summed E-state index contributed by atoms with van der Waals surface area (Å²) in [6.07, 6.45) is 1.18. The Morgan fingerprint density at radius 1 is 1.13 bits per heavy atom. The van der Waals surface area contributed by atoms with Gasteiger partial charge in [-0.2, -0.15) is 0 Å². The van der Waals surface area contributed by atoms with Crippen LogP contribution in [0.5, 0.6) is 5.75 Å². The third kappa shape index (κ3) is 4.99. The largest absolute Gasteiger partial charge is 0.490 e. The van der Waals surface area contributed by atoms with E-state index in [9.17, 15) is 9.18 Å². The molecule has 0 saturated carbocycles. The molecular weight excluding hydrogens is 401 g/mol. The van der Waals surface area contributed by atoms with Gasteiger partial charge in [0.25, 0.3) is 0 Å². The Labute approximate surface area is 179 Å². The van der Waals surface area contributed by atoms with Crippen molar-refractivity contribution < 1.29 is 18.7 Å². The molecule has 1 amide bonds. The van der Waals surface area contributed by atoms with E-state index in [4.69, 9.17) is 9.47 Å². The quantitative estimate of drug-likeness (QED) is 0.620. The highest BCUT2D eigenvalue weighted by atomic mass is 19.1. The number of carbonyl (C=O) groups excluding carboxylic acids is 1. The van der Waals surface area contributed by atoms with E-state index in [1.165, 1.54) is 12.4 Å². The second kappa shape index (κ2) is 8.33. The van der Waals surface area contributed by atoms with E-state index in [0.29, 0.717) is 19.7 Å². The lowest BCUT2D eigenvalue weighted by Gasteiger charge is -2.39. The van der Waals surface area contributed by atoms with Gasteiger partial charge < -0.3 is 14.4 Å². The first-order valence-corrected chi connectivity index (χ1v) is 10.0. The van der Waals surface area contributed by atoms with Crippen molar-refractivity contribution in [1.82, 2.24) is 25.1 Å². The van der Waals surface area contributed by atoms with Crippen molar-refractivity contribution in [2.75, 3.05) is 19.7 Å². The molecule has 162 valence electrons. The Kier molecular flexibility index (Phi) is 5.58. The molecule has 0 aliphatic carbocycles. The average Bonchev–Trinajstić information content (AvgIpc) is 3.21. The van der Waals surface area contributed by atoms with E-state index < -0.39 is 11.4 Å². The van der Waals surface area contributed by atoms with Gasteiger partial charge in [0.1, 0.15) is 11.9 Å². The fraction of sp³-hybridized carbons (Fsp3) is 0.364. The Bertz CT molecular complexity index is 1040. The molecule has 0 bridgehead atoms. The summed E-state index contributed by atoms with van der Waals surface area (Å²) in [6, 6.07) is 12.4. The second-order valence-corrected chi connectivity index (χ2v) is 8.51. The van der Waals surface area contributed by atoms with E-state index in [1.54, 1.807) is 15.6 Å². The van der Waals surface area contributed by atoms with Crippen LogP contribution in [0, 0.1) is 11.7 Å². The minimum absolute atomic E-state index is 0.158.